The summed E-state index contributed by atoms with van der Waals surface area (Å²) in [5, 5.41) is 45.0. The maximum Gasteiger partial charge on any atom is 0.417 e. The average molecular weight is 620 g/mol. The fourth-order valence-corrected chi connectivity index (χ4v) is 9.00. The third-order valence-electron chi connectivity index (χ3n) is 10.8. The molecule has 0 saturated heterocycles. The van der Waals surface area contributed by atoms with Gasteiger partial charge in [-0.1, -0.05) is 6.42 Å². The molecule has 0 heterocycles. The number of halogens is 3. The van der Waals surface area contributed by atoms with Gasteiger partial charge in [-0.25, -0.2) is 0 Å². The van der Waals surface area contributed by atoms with Gasteiger partial charge in [0.1, 0.15) is 22.8 Å². The molecule has 10 nitrogen and oxygen atoms in total. The number of carbonyl (C=O) groups is 3. The van der Waals surface area contributed by atoms with Crippen molar-refractivity contribution in [1.82, 2.24) is 9.80 Å². The average Bonchev–Trinajstić information content (AvgIpc) is 3.53. The molecule has 1 aromatic carbocycles. The van der Waals surface area contributed by atoms with Crippen molar-refractivity contribution >= 4 is 23.2 Å². The number of phenols is 1. The summed E-state index contributed by atoms with van der Waals surface area (Å²) in [6.45, 7) is -0.0847. The van der Waals surface area contributed by atoms with E-state index in [2.05, 4.69) is 0 Å². The zero-order valence-corrected chi connectivity index (χ0v) is 24.6. The predicted octanol–water partition coefficient (Wildman–Crippen LogP) is 2.60. The van der Waals surface area contributed by atoms with Gasteiger partial charge < -0.3 is 26.2 Å². The molecular weight excluding hydrogens is 583 g/mol. The first kappa shape index (κ1) is 30.6. The highest BCUT2D eigenvalue weighted by Crippen LogP contribution is 2.55. The van der Waals surface area contributed by atoms with E-state index in [4.69, 9.17) is 5.73 Å². The van der Waals surface area contributed by atoms with Crippen molar-refractivity contribution in [3.05, 3.63) is 45.2 Å². The number of hydrogen-bond acceptors (Lipinski definition) is 9. The van der Waals surface area contributed by atoms with Gasteiger partial charge in [-0.3, -0.25) is 24.2 Å². The van der Waals surface area contributed by atoms with Gasteiger partial charge in [-0.05, 0) is 88.2 Å². The second-order valence-electron chi connectivity index (χ2n) is 13.4. The van der Waals surface area contributed by atoms with Crippen molar-refractivity contribution in [3.63, 3.8) is 0 Å². The van der Waals surface area contributed by atoms with Crippen LogP contribution in [0.2, 0.25) is 0 Å². The second kappa shape index (κ2) is 10.0. The number of phenolic OH excluding ortho intramolecular Hbond substituents is 1. The second-order valence-corrected chi connectivity index (χ2v) is 13.4. The number of nitrogens with two attached hydrogens (primary N) is 1. The Hall–Kier alpha value is -3.42. The van der Waals surface area contributed by atoms with Crippen LogP contribution in [0.3, 0.4) is 0 Å². The van der Waals surface area contributed by atoms with E-state index in [9.17, 15) is 48.0 Å². The first-order valence-electron chi connectivity index (χ1n) is 14.8. The number of rotatable bonds is 5. The van der Waals surface area contributed by atoms with E-state index in [0.29, 0.717) is 11.8 Å². The number of alkyl halides is 3. The third kappa shape index (κ3) is 4.22. The van der Waals surface area contributed by atoms with E-state index >= 15 is 0 Å². The van der Waals surface area contributed by atoms with Crippen molar-refractivity contribution < 1.29 is 48.0 Å². The Morgan fingerprint density at radius 1 is 1.09 bits per heavy atom. The Balaban J connectivity index is 1.48. The van der Waals surface area contributed by atoms with Crippen LogP contribution in [0.1, 0.15) is 54.4 Å². The molecule has 6 N–H and O–H groups in total. The number of fused-ring (bicyclic) bond motifs is 5. The van der Waals surface area contributed by atoms with Crippen LogP contribution in [0.4, 0.5) is 13.2 Å². The number of ketones is 2. The van der Waals surface area contributed by atoms with Gasteiger partial charge >= 0.3 is 6.18 Å². The molecule has 3 saturated carbocycles. The molecule has 0 radical (unpaired) electrons. The predicted molar refractivity (Wildman–Crippen MR) is 150 cm³/mol. The molecule has 13 heteroatoms. The lowest BCUT2D eigenvalue weighted by molar-refractivity contribution is -0.153. The Morgan fingerprint density at radius 3 is 2.32 bits per heavy atom. The fourth-order valence-electron chi connectivity index (χ4n) is 9.00. The number of aliphatic hydroxyl groups is 3. The Kier molecular flexibility index (Phi) is 6.99. The third-order valence-corrected chi connectivity index (χ3v) is 10.8. The summed E-state index contributed by atoms with van der Waals surface area (Å²) in [4.78, 5) is 42.6. The van der Waals surface area contributed by atoms with Crippen LogP contribution in [-0.2, 0) is 33.5 Å². The molecule has 5 aliphatic rings. The van der Waals surface area contributed by atoms with Gasteiger partial charge in [0.25, 0.3) is 5.91 Å². The number of primary amides is 1. The zero-order chi connectivity index (χ0) is 32.2. The summed E-state index contributed by atoms with van der Waals surface area (Å²) in [6.07, 6.45) is -1.46. The molecule has 0 aromatic heterocycles. The molecule has 1 aromatic rings. The van der Waals surface area contributed by atoms with Crippen LogP contribution in [0.25, 0.3) is 5.76 Å². The topological polar surface area (TPSA) is 165 Å². The van der Waals surface area contributed by atoms with Crippen molar-refractivity contribution in [2.24, 2.45) is 29.4 Å². The van der Waals surface area contributed by atoms with Crippen molar-refractivity contribution in [2.75, 3.05) is 21.1 Å². The van der Waals surface area contributed by atoms with Gasteiger partial charge in [-0.15, -0.1) is 0 Å². The number of hydrogen-bond donors (Lipinski definition) is 5. The number of likely N-dealkylation sites (N-methyl/N-ethyl adjacent to an activating group) is 1. The van der Waals surface area contributed by atoms with Crippen LogP contribution in [0.15, 0.2) is 23.0 Å². The Labute approximate surface area is 251 Å². The minimum atomic E-state index is -4.87. The van der Waals surface area contributed by atoms with Crippen LogP contribution in [0, 0.1) is 23.7 Å². The van der Waals surface area contributed by atoms with Gasteiger partial charge in [0.2, 0.25) is 5.78 Å². The monoisotopic (exact) mass is 619 g/mol. The summed E-state index contributed by atoms with van der Waals surface area (Å²) in [6, 6.07) is -0.235. The van der Waals surface area contributed by atoms with Gasteiger partial charge in [0.15, 0.2) is 11.4 Å². The summed E-state index contributed by atoms with van der Waals surface area (Å²) in [5.41, 5.74) is -1.10. The van der Waals surface area contributed by atoms with Crippen LogP contribution in [0.5, 0.6) is 5.75 Å². The molecule has 5 aliphatic carbocycles. The fraction of sp³-hybridized carbons (Fsp3) is 0.581. The SMILES string of the molecule is CN(C)[C@@H]1C(=O)C(C(N)=O)=C(O)[C@@]2(O)C(=O)C3=C(O)c4c(O)cc(CN(C)[C@@H]5CC6CCC5C6)c(C(F)(F)F)c4C[C@H]3C[C@@H]12. The van der Waals surface area contributed by atoms with Crippen molar-refractivity contribution in [2.45, 2.75) is 68.9 Å². The Bertz CT molecular complexity index is 1550. The first-order valence-corrected chi connectivity index (χ1v) is 14.8. The normalized spacial score (nSPS) is 33.3. The highest BCUT2D eigenvalue weighted by atomic mass is 19.4. The summed E-state index contributed by atoms with van der Waals surface area (Å²) < 4.78 is 44.6. The molecule has 2 unspecified atom stereocenters. The van der Waals surface area contributed by atoms with Gasteiger partial charge in [-0.2, -0.15) is 13.2 Å². The lowest BCUT2D eigenvalue weighted by Gasteiger charge is -2.50. The first-order chi connectivity index (χ1) is 20.5. The summed E-state index contributed by atoms with van der Waals surface area (Å²) >= 11 is 0. The lowest BCUT2D eigenvalue weighted by atomic mass is 9.57. The van der Waals surface area contributed by atoms with Crippen LogP contribution in [-0.4, -0.2) is 86.5 Å². The largest absolute Gasteiger partial charge is 0.508 e. The smallest absolute Gasteiger partial charge is 0.417 e. The molecule has 238 valence electrons. The van der Waals surface area contributed by atoms with Gasteiger partial charge in [0, 0.05) is 24.1 Å². The van der Waals surface area contributed by atoms with E-state index in [0.717, 1.165) is 31.7 Å². The minimum absolute atomic E-state index is 0.0847. The van der Waals surface area contributed by atoms with E-state index in [1.807, 2.05) is 4.90 Å². The minimum Gasteiger partial charge on any atom is -0.508 e. The molecule has 7 atom stereocenters. The highest BCUT2D eigenvalue weighted by molar-refractivity contribution is 6.24. The summed E-state index contributed by atoms with van der Waals surface area (Å²) in [5.74, 6) is -7.93. The van der Waals surface area contributed by atoms with E-state index < -0.39 is 93.1 Å². The zero-order valence-electron chi connectivity index (χ0n) is 24.6. The van der Waals surface area contributed by atoms with Crippen molar-refractivity contribution in [1.29, 1.82) is 0 Å². The summed E-state index contributed by atoms with van der Waals surface area (Å²) in [7, 11) is 4.68. The Morgan fingerprint density at radius 2 is 1.77 bits per heavy atom. The molecule has 0 spiro atoms. The number of aromatic hydroxyl groups is 1. The van der Waals surface area contributed by atoms with Crippen LogP contribution < -0.4 is 5.73 Å². The maximum absolute atomic E-state index is 14.9. The number of carbonyl (C=O) groups excluding carboxylic acids is 3. The van der Waals surface area contributed by atoms with E-state index in [-0.39, 0.29) is 30.1 Å². The van der Waals surface area contributed by atoms with E-state index in [1.54, 1.807) is 7.05 Å². The van der Waals surface area contributed by atoms with E-state index in [1.165, 1.54) is 19.0 Å². The van der Waals surface area contributed by atoms with Crippen molar-refractivity contribution in [3.8, 4) is 5.75 Å². The highest BCUT2D eigenvalue weighted by Gasteiger charge is 2.64. The standard InChI is InChI=1S/C31H36F3N3O7/c1-36(2)24-17-9-14-8-16-21(25(39)20(14)27(41)30(17,44)28(42)22(26(24)40)29(35)43)19(38)10-15(23(16)31(32,33)34)11-37(3)18-7-12-4-5-13(18)6-12/h10,12-14,17-18,24,38-39,42,44H,4-9,11H2,1-3H3,(H2,35,43)/t12?,13?,14-,17-,18+,24-,30-/m0/s1. The van der Waals surface area contributed by atoms with Crippen LogP contribution >= 0.6 is 0 Å². The molecule has 2 bridgehead atoms. The number of amides is 1. The number of aliphatic hydroxyl groups excluding tert-OH is 2. The molecule has 0 aliphatic heterocycles. The lowest BCUT2D eigenvalue weighted by Crippen LogP contribution is -2.65. The molecular formula is C31H36F3N3O7. The quantitative estimate of drug-likeness (QED) is 0.312. The molecule has 44 heavy (non-hydrogen) atoms. The number of Topliss-reactive ketones (excluding diaryl/α,β-unsaturated/α-hetero) is 2. The number of nitrogens with zero attached hydrogens (tertiary/aromatic N) is 2. The molecule has 1 amide bonds. The molecule has 3 fully saturated rings. The maximum atomic E-state index is 14.9. The number of benzene rings is 1. The van der Waals surface area contributed by atoms with Gasteiger partial charge in [0.05, 0.1) is 17.2 Å². The molecule has 6 rings (SSSR count).